The number of carbonyl (C=O) groups excluding carboxylic acids is 1. The average molecular weight is 333 g/mol. The number of aromatic hydroxyl groups is 1. The van der Waals surface area contributed by atoms with Crippen LogP contribution in [0, 0.1) is 5.82 Å². The molecule has 1 amide bonds. The van der Waals surface area contributed by atoms with Crippen LogP contribution < -0.4 is 0 Å². The molecule has 0 radical (unpaired) electrons. The minimum Gasteiger partial charge on any atom is -0.507 e. The van der Waals surface area contributed by atoms with Gasteiger partial charge in [-0.3, -0.25) is 4.79 Å². The molecule has 21 heavy (non-hydrogen) atoms. The van der Waals surface area contributed by atoms with Gasteiger partial charge in [-0.05, 0) is 12.1 Å². The minimum atomic E-state index is -3.42. The number of amides is 1. The minimum absolute atomic E-state index is 0.0581. The first-order valence-corrected chi connectivity index (χ1v) is 9.32. The Bertz CT molecular complexity index is 648. The van der Waals surface area contributed by atoms with E-state index in [1.165, 1.54) is 29.7 Å². The molecule has 1 saturated heterocycles. The maximum absolute atomic E-state index is 13.0. The number of halogens is 1. The summed E-state index contributed by atoms with van der Waals surface area (Å²) < 4.78 is 37.2. The third kappa shape index (κ3) is 3.32. The maximum atomic E-state index is 13.0. The molecule has 1 atom stereocenters. The Morgan fingerprint density at radius 3 is 2.86 bits per heavy atom. The molecule has 1 N–H and O–H groups in total. The number of nitrogens with zero attached hydrogens (tertiary/aromatic N) is 1. The second-order valence-electron chi connectivity index (χ2n) is 4.64. The van der Waals surface area contributed by atoms with Crippen LogP contribution in [-0.2, 0) is 9.84 Å². The lowest BCUT2D eigenvalue weighted by Gasteiger charge is -2.34. The first-order chi connectivity index (χ1) is 9.86. The van der Waals surface area contributed by atoms with E-state index in [2.05, 4.69) is 0 Å². The van der Waals surface area contributed by atoms with E-state index in [-0.39, 0.29) is 17.9 Å². The van der Waals surface area contributed by atoms with Crippen molar-refractivity contribution in [3.05, 3.63) is 29.6 Å². The van der Waals surface area contributed by atoms with Gasteiger partial charge in [-0.2, -0.15) is 11.8 Å². The van der Waals surface area contributed by atoms with Crippen molar-refractivity contribution in [1.82, 2.24) is 4.90 Å². The number of hydrogen-bond acceptors (Lipinski definition) is 5. The predicted molar refractivity (Wildman–Crippen MR) is 79.7 cm³/mol. The van der Waals surface area contributed by atoms with Gasteiger partial charge in [0.15, 0.2) is 9.84 Å². The van der Waals surface area contributed by atoms with Gasteiger partial charge < -0.3 is 10.0 Å². The lowest BCUT2D eigenvalue weighted by atomic mass is 10.1. The van der Waals surface area contributed by atoms with E-state index in [4.69, 9.17) is 0 Å². The Morgan fingerprint density at radius 1 is 1.52 bits per heavy atom. The molecule has 1 aromatic rings. The van der Waals surface area contributed by atoms with E-state index in [1.807, 2.05) is 0 Å². The third-order valence-corrected chi connectivity index (χ3v) is 6.64. The molecule has 0 saturated carbocycles. The van der Waals surface area contributed by atoms with Crippen molar-refractivity contribution in [2.24, 2.45) is 0 Å². The average Bonchev–Trinajstić information content (AvgIpc) is 2.46. The van der Waals surface area contributed by atoms with Crippen molar-refractivity contribution in [2.45, 2.75) is 12.3 Å². The van der Waals surface area contributed by atoms with Gasteiger partial charge in [0.05, 0.1) is 5.56 Å². The molecular weight excluding hydrogens is 317 g/mol. The van der Waals surface area contributed by atoms with Crippen molar-refractivity contribution >= 4 is 27.5 Å². The summed E-state index contributed by atoms with van der Waals surface area (Å²) in [5.74, 6) is -0.846. The molecule has 0 aromatic heterocycles. The largest absolute Gasteiger partial charge is 0.507 e. The highest BCUT2D eigenvalue weighted by atomic mass is 32.2. The van der Waals surface area contributed by atoms with Gasteiger partial charge in [0.25, 0.3) is 5.91 Å². The number of phenolic OH excluding ortho intramolecular Hbond substituents is 1. The monoisotopic (exact) mass is 333 g/mol. The predicted octanol–water partition coefficient (Wildman–Crippen LogP) is 1.48. The standard InChI is InChI=1S/C13H16FNO4S2/c1-2-21(18,19)12-8-20-6-5-15(12)13(17)10-4-3-9(14)7-11(10)16/h3-4,7,12,16H,2,5-6,8H2,1H3. The number of carbonyl (C=O) groups is 1. The van der Waals surface area contributed by atoms with Gasteiger partial charge in [0, 0.05) is 29.9 Å². The van der Waals surface area contributed by atoms with E-state index >= 15 is 0 Å². The van der Waals surface area contributed by atoms with Crippen LogP contribution in [0.15, 0.2) is 18.2 Å². The lowest BCUT2D eigenvalue weighted by molar-refractivity contribution is 0.0746. The Kier molecular flexibility index (Phi) is 4.77. The summed E-state index contributed by atoms with van der Waals surface area (Å²) in [7, 11) is -3.42. The normalized spacial score (nSPS) is 19.5. The fourth-order valence-electron chi connectivity index (χ4n) is 2.14. The maximum Gasteiger partial charge on any atom is 0.258 e. The second-order valence-corrected chi connectivity index (χ2v) is 8.24. The Hall–Kier alpha value is -1.28. The molecule has 0 aliphatic carbocycles. The highest BCUT2D eigenvalue weighted by Gasteiger charge is 2.36. The Labute approximate surface area is 127 Å². The van der Waals surface area contributed by atoms with Crippen LogP contribution in [0.3, 0.4) is 0 Å². The van der Waals surface area contributed by atoms with Crippen molar-refractivity contribution in [2.75, 3.05) is 23.8 Å². The molecule has 116 valence electrons. The van der Waals surface area contributed by atoms with Gasteiger partial charge in [0.1, 0.15) is 16.9 Å². The smallest absolute Gasteiger partial charge is 0.258 e. The summed E-state index contributed by atoms with van der Waals surface area (Å²) in [4.78, 5) is 13.7. The molecule has 1 aromatic carbocycles. The van der Waals surface area contributed by atoms with Crippen LogP contribution in [0.4, 0.5) is 4.39 Å². The number of rotatable bonds is 3. The summed E-state index contributed by atoms with van der Waals surface area (Å²) in [5.41, 5.74) is -0.0837. The molecule has 1 heterocycles. The van der Waals surface area contributed by atoms with Crippen LogP contribution in [0.2, 0.25) is 0 Å². The topological polar surface area (TPSA) is 74.7 Å². The van der Waals surface area contributed by atoms with Crippen LogP contribution in [0.1, 0.15) is 17.3 Å². The SMILES string of the molecule is CCS(=O)(=O)C1CSCCN1C(=O)c1ccc(F)cc1O. The molecular formula is C13H16FNO4S2. The fraction of sp³-hybridized carbons (Fsp3) is 0.462. The number of benzene rings is 1. The summed E-state index contributed by atoms with van der Waals surface area (Å²) in [6, 6.07) is 3.08. The molecule has 1 aliphatic rings. The van der Waals surface area contributed by atoms with Crippen LogP contribution in [0.25, 0.3) is 0 Å². The van der Waals surface area contributed by atoms with Crippen molar-refractivity contribution in [1.29, 1.82) is 0 Å². The zero-order valence-electron chi connectivity index (χ0n) is 11.5. The lowest BCUT2D eigenvalue weighted by Crippen LogP contribution is -2.50. The molecule has 0 spiro atoms. The zero-order chi connectivity index (χ0) is 15.6. The number of thioether (sulfide) groups is 1. The van der Waals surface area contributed by atoms with Gasteiger partial charge in [-0.1, -0.05) is 6.92 Å². The Morgan fingerprint density at radius 2 is 2.24 bits per heavy atom. The summed E-state index contributed by atoms with van der Waals surface area (Å²) in [5, 5.41) is 8.79. The molecule has 8 heteroatoms. The van der Waals surface area contributed by atoms with E-state index in [0.29, 0.717) is 11.5 Å². The van der Waals surface area contributed by atoms with Gasteiger partial charge in [-0.15, -0.1) is 0 Å². The molecule has 1 fully saturated rings. The molecule has 1 aliphatic heterocycles. The number of phenols is 1. The van der Waals surface area contributed by atoms with E-state index in [0.717, 1.165) is 12.1 Å². The second kappa shape index (κ2) is 6.23. The number of hydrogen-bond donors (Lipinski definition) is 1. The molecule has 1 unspecified atom stereocenters. The summed E-state index contributed by atoms with van der Waals surface area (Å²) >= 11 is 1.47. The van der Waals surface area contributed by atoms with E-state index in [9.17, 15) is 22.7 Å². The van der Waals surface area contributed by atoms with Gasteiger partial charge >= 0.3 is 0 Å². The first-order valence-electron chi connectivity index (χ1n) is 6.45. The van der Waals surface area contributed by atoms with Crippen molar-refractivity contribution in [3.63, 3.8) is 0 Å². The highest BCUT2D eigenvalue weighted by molar-refractivity contribution is 8.01. The van der Waals surface area contributed by atoms with Gasteiger partial charge in [0.2, 0.25) is 0 Å². The van der Waals surface area contributed by atoms with E-state index in [1.54, 1.807) is 0 Å². The van der Waals surface area contributed by atoms with Crippen LogP contribution in [-0.4, -0.2) is 53.5 Å². The van der Waals surface area contributed by atoms with Crippen molar-refractivity contribution < 1.29 is 22.7 Å². The number of sulfone groups is 1. The summed E-state index contributed by atoms with van der Waals surface area (Å²) in [6.45, 7) is 1.82. The first kappa shape index (κ1) is 16.1. The Balaban J connectivity index is 2.35. The van der Waals surface area contributed by atoms with E-state index < -0.39 is 32.7 Å². The summed E-state index contributed by atoms with van der Waals surface area (Å²) in [6.07, 6.45) is 0. The molecule has 2 rings (SSSR count). The van der Waals surface area contributed by atoms with Crippen LogP contribution >= 0.6 is 11.8 Å². The fourth-order valence-corrected chi connectivity index (χ4v) is 5.11. The molecule has 0 bridgehead atoms. The van der Waals surface area contributed by atoms with Gasteiger partial charge in [-0.25, -0.2) is 12.8 Å². The van der Waals surface area contributed by atoms with Crippen molar-refractivity contribution in [3.8, 4) is 5.75 Å². The van der Waals surface area contributed by atoms with Crippen LogP contribution in [0.5, 0.6) is 5.75 Å². The highest BCUT2D eigenvalue weighted by Crippen LogP contribution is 2.26. The zero-order valence-corrected chi connectivity index (χ0v) is 13.1. The third-order valence-electron chi connectivity index (χ3n) is 3.35. The quantitative estimate of drug-likeness (QED) is 0.907. The molecule has 5 nitrogen and oxygen atoms in total.